The van der Waals surface area contributed by atoms with Crippen LogP contribution in [0.5, 0.6) is 0 Å². The molecule has 0 radical (unpaired) electrons. The van der Waals surface area contributed by atoms with Crippen LogP contribution in [0.15, 0.2) is 12.1 Å². The van der Waals surface area contributed by atoms with Crippen LogP contribution in [0.4, 0.5) is 20.2 Å². The lowest BCUT2D eigenvalue weighted by atomic mass is 9.98. The van der Waals surface area contributed by atoms with E-state index < -0.39 is 11.6 Å². The van der Waals surface area contributed by atoms with Crippen LogP contribution in [0, 0.1) is 17.6 Å². The van der Waals surface area contributed by atoms with Gasteiger partial charge in [0, 0.05) is 26.3 Å². The lowest BCUT2D eigenvalue weighted by Gasteiger charge is -2.34. The Balaban J connectivity index is 2.20. The molecule has 18 heavy (non-hydrogen) atoms. The molecule has 2 N–H and O–H groups in total. The Morgan fingerprint density at radius 2 is 2.22 bits per heavy atom. The predicted molar refractivity (Wildman–Crippen MR) is 67.6 cm³/mol. The van der Waals surface area contributed by atoms with Crippen molar-refractivity contribution in [3.63, 3.8) is 0 Å². The summed E-state index contributed by atoms with van der Waals surface area (Å²) in [5.74, 6) is -0.904. The second kappa shape index (κ2) is 5.52. The summed E-state index contributed by atoms with van der Waals surface area (Å²) in [6, 6.07) is 2.11. The minimum absolute atomic E-state index is 0.0227. The molecular formula is C13H18F2N2O. The highest BCUT2D eigenvalue weighted by molar-refractivity contribution is 5.68. The Morgan fingerprint density at radius 3 is 2.94 bits per heavy atom. The molecule has 1 saturated heterocycles. The molecule has 1 aliphatic heterocycles. The van der Waals surface area contributed by atoms with E-state index in [-0.39, 0.29) is 5.69 Å². The summed E-state index contributed by atoms with van der Waals surface area (Å²) in [5.41, 5.74) is 6.16. The molecule has 1 atom stereocenters. The normalized spacial score (nSPS) is 20.2. The maximum Gasteiger partial charge on any atom is 0.151 e. The Labute approximate surface area is 106 Å². The molecule has 2 rings (SSSR count). The van der Waals surface area contributed by atoms with Crippen LogP contribution >= 0.6 is 0 Å². The highest BCUT2D eigenvalue weighted by atomic mass is 19.1. The molecular weight excluding hydrogens is 238 g/mol. The summed E-state index contributed by atoms with van der Waals surface area (Å²) < 4.78 is 31.8. The third-order valence-corrected chi connectivity index (χ3v) is 3.33. The number of hydrogen-bond donors (Lipinski definition) is 1. The van der Waals surface area contributed by atoms with Crippen molar-refractivity contribution < 1.29 is 13.5 Å². The monoisotopic (exact) mass is 256 g/mol. The first-order valence-electron chi connectivity index (χ1n) is 6.10. The summed E-state index contributed by atoms with van der Waals surface area (Å²) >= 11 is 0. The van der Waals surface area contributed by atoms with Crippen LogP contribution in [0.1, 0.15) is 12.8 Å². The SMILES string of the molecule is COCC1CCCN(c2cc(F)cc(F)c2N)C1. The molecule has 1 aliphatic rings. The number of nitrogens with zero attached hydrogens (tertiary/aromatic N) is 1. The lowest BCUT2D eigenvalue weighted by molar-refractivity contribution is 0.143. The average molecular weight is 256 g/mol. The van der Waals surface area contributed by atoms with Crippen molar-refractivity contribution in [3.05, 3.63) is 23.8 Å². The first-order valence-corrected chi connectivity index (χ1v) is 6.10. The number of piperidine rings is 1. The van der Waals surface area contributed by atoms with Gasteiger partial charge >= 0.3 is 0 Å². The molecule has 100 valence electrons. The summed E-state index contributed by atoms with van der Waals surface area (Å²) in [6.45, 7) is 2.16. The van der Waals surface area contributed by atoms with Gasteiger partial charge in [0.1, 0.15) is 5.82 Å². The molecule has 1 fully saturated rings. The van der Waals surface area contributed by atoms with Gasteiger partial charge in [-0.25, -0.2) is 8.78 Å². The van der Waals surface area contributed by atoms with E-state index in [4.69, 9.17) is 10.5 Å². The van der Waals surface area contributed by atoms with E-state index in [1.165, 1.54) is 6.07 Å². The molecule has 0 aliphatic carbocycles. The van der Waals surface area contributed by atoms with Crippen molar-refractivity contribution in [1.29, 1.82) is 0 Å². The van der Waals surface area contributed by atoms with Gasteiger partial charge in [-0.1, -0.05) is 0 Å². The van der Waals surface area contributed by atoms with Gasteiger partial charge in [0.05, 0.1) is 18.0 Å². The van der Waals surface area contributed by atoms with E-state index in [0.717, 1.165) is 32.0 Å². The van der Waals surface area contributed by atoms with Crippen molar-refractivity contribution >= 4 is 11.4 Å². The van der Waals surface area contributed by atoms with Crippen LogP contribution in [-0.4, -0.2) is 26.8 Å². The summed E-state index contributed by atoms with van der Waals surface area (Å²) in [6.07, 6.45) is 2.05. The van der Waals surface area contributed by atoms with Crippen LogP contribution in [0.2, 0.25) is 0 Å². The van der Waals surface area contributed by atoms with E-state index in [1.54, 1.807) is 7.11 Å². The van der Waals surface area contributed by atoms with E-state index in [9.17, 15) is 8.78 Å². The van der Waals surface area contributed by atoms with Crippen LogP contribution in [0.3, 0.4) is 0 Å². The van der Waals surface area contributed by atoms with Gasteiger partial charge in [-0.05, 0) is 24.8 Å². The molecule has 1 aromatic carbocycles. The number of halogens is 2. The maximum absolute atomic E-state index is 13.4. The summed E-state index contributed by atoms with van der Waals surface area (Å²) in [4.78, 5) is 1.94. The summed E-state index contributed by atoms with van der Waals surface area (Å²) in [7, 11) is 1.66. The van der Waals surface area contributed by atoms with Crippen molar-refractivity contribution in [2.45, 2.75) is 12.8 Å². The number of nitrogen functional groups attached to an aromatic ring is 1. The third kappa shape index (κ3) is 2.72. The standard InChI is InChI=1S/C13H18F2N2O/c1-18-8-9-3-2-4-17(7-9)12-6-10(14)5-11(15)13(12)16/h5-6,9H,2-4,7-8,16H2,1H3. The molecule has 0 spiro atoms. The van der Waals surface area contributed by atoms with Gasteiger partial charge in [0.15, 0.2) is 5.82 Å². The smallest absolute Gasteiger partial charge is 0.151 e. The number of methoxy groups -OCH3 is 1. The number of ether oxygens (including phenoxy) is 1. The second-order valence-electron chi connectivity index (χ2n) is 4.73. The first kappa shape index (κ1) is 13.1. The van der Waals surface area contributed by atoms with Crippen molar-refractivity contribution in [1.82, 2.24) is 0 Å². The molecule has 1 unspecified atom stereocenters. The fourth-order valence-electron chi connectivity index (χ4n) is 2.49. The van der Waals surface area contributed by atoms with Gasteiger partial charge in [-0.15, -0.1) is 0 Å². The van der Waals surface area contributed by atoms with Gasteiger partial charge in [-0.3, -0.25) is 0 Å². The van der Waals surface area contributed by atoms with Crippen molar-refractivity contribution in [2.24, 2.45) is 5.92 Å². The van der Waals surface area contributed by atoms with E-state index >= 15 is 0 Å². The molecule has 0 amide bonds. The minimum Gasteiger partial charge on any atom is -0.395 e. The molecule has 0 aromatic heterocycles. The average Bonchev–Trinajstić information content (AvgIpc) is 2.34. The highest BCUT2D eigenvalue weighted by Crippen LogP contribution is 2.30. The van der Waals surface area contributed by atoms with Crippen LogP contribution < -0.4 is 10.6 Å². The number of nitrogens with two attached hydrogens (primary N) is 1. The second-order valence-corrected chi connectivity index (χ2v) is 4.73. The number of benzene rings is 1. The lowest BCUT2D eigenvalue weighted by Crippen LogP contribution is -2.37. The zero-order chi connectivity index (χ0) is 13.1. The van der Waals surface area contributed by atoms with Crippen molar-refractivity contribution in [3.8, 4) is 0 Å². The first-order chi connectivity index (χ1) is 8.61. The van der Waals surface area contributed by atoms with Crippen LogP contribution in [0.25, 0.3) is 0 Å². The molecule has 1 aromatic rings. The fraction of sp³-hybridized carbons (Fsp3) is 0.538. The topological polar surface area (TPSA) is 38.5 Å². The quantitative estimate of drug-likeness (QED) is 0.844. The van der Waals surface area contributed by atoms with E-state index in [1.807, 2.05) is 4.90 Å². The Morgan fingerprint density at radius 1 is 1.44 bits per heavy atom. The molecule has 3 nitrogen and oxygen atoms in total. The maximum atomic E-state index is 13.4. The van der Waals surface area contributed by atoms with Gasteiger partial charge in [-0.2, -0.15) is 0 Å². The zero-order valence-corrected chi connectivity index (χ0v) is 10.5. The third-order valence-electron chi connectivity index (χ3n) is 3.33. The van der Waals surface area contributed by atoms with E-state index in [2.05, 4.69) is 0 Å². The Bertz CT molecular complexity index is 424. The van der Waals surface area contributed by atoms with E-state index in [0.29, 0.717) is 18.2 Å². The predicted octanol–water partition coefficient (Wildman–Crippen LogP) is 2.41. The summed E-state index contributed by atoms with van der Waals surface area (Å²) in [5, 5.41) is 0. The van der Waals surface area contributed by atoms with Gasteiger partial charge in [0.2, 0.25) is 0 Å². The number of hydrogen-bond acceptors (Lipinski definition) is 3. The van der Waals surface area contributed by atoms with Crippen molar-refractivity contribution in [2.75, 3.05) is 37.4 Å². The number of rotatable bonds is 3. The molecule has 1 heterocycles. The Hall–Kier alpha value is -1.36. The Kier molecular flexibility index (Phi) is 4.01. The highest BCUT2D eigenvalue weighted by Gasteiger charge is 2.22. The van der Waals surface area contributed by atoms with Crippen LogP contribution in [-0.2, 0) is 4.74 Å². The molecule has 5 heteroatoms. The van der Waals surface area contributed by atoms with Gasteiger partial charge < -0.3 is 15.4 Å². The number of anilines is 2. The fourth-order valence-corrected chi connectivity index (χ4v) is 2.49. The minimum atomic E-state index is -0.695. The largest absolute Gasteiger partial charge is 0.395 e. The zero-order valence-electron chi connectivity index (χ0n) is 10.5. The molecule has 0 bridgehead atoms. The molecule has 0 saturated carbocycles. The van der Waals surface area contributed by atoms with Gasteiger partial charge in [0.25, 0.3) is 0 Å².